The summed E-state index contributed by atoms with van der Waals surface area (Å²) in [5.41, 5.74) is 6.66. The first-order valence-corrected chi connectivity index (χ1v) is 6.10. The Bertz CT molecular complexity index is 347. The topological polar surface area (TPSA) is 60.6 Å². The predicted octanol–water partition coefficient (Wildman–Crippen LogP) is 1.15. The van der Waals surface area contributed by atoms with Crippen LogP contribution in [-0.2, 0) is 16.0 Å². The summed E-state index contributed by atoms with van der Waals surface area (Å²) in [5, 5.41) is 0. The highest BCUT2D eigenvalue weighted by Crippen LogP contribution is 2.08. The first-order valence-electron chi connectivity index (χ1n) is 6.10. The van der Waals surface area contributed by atoms with E-state index in [0.29, 0.717) is 25.1 Å². The molecule has 1 unspecified atom stereocenters. The van der Waals surface area contributed by atoms with Crippen LogP contribution in [0.1, 0.15) is 12.6 Å². The van der Waals surface area contributed by atoms with E-state index in [4.69, 9.17) is 15.2 Å². The van der Waals surface area contributed by atoms with Crippen molar-refractivity contribution in [2.24, 2.45) is 0 Å². The van der Waals surface area contributed by atoms with Gasteiger partial charge < -0.3 is 15.2 Å². The first-order chi connectivity index (χ1) is 8.67. The highest BCUT2D eigenvalue weighted by Gasteiger charge is 2.14. The lowest BCUT2D eigenvalue weighted by atomic mass is 10.2. The number of methoxy groups -OCH3 is 2. The van der Waals surface area contributed by atoms with Crippen LogP contribution in [0.5, 0.6) is 0 Å². The second-order valence-electron chi connectivity index (χ2n) is 4.32. The normalized spacial score (nSPS) is 12.9. The summed E-state index contributed by atoms with van der Waals surface area (Å²) in [5.74, 6) is 0.554. The van der Waals surface area contributed by atoms with E-state index in [0.717, 1.165) is 18.8 Å². The van der Waals surface area contributed by atoms with E-state index in [9.17, 15) is 0 Å². The molecule has 5 nitrogen and oxygen atoms in total. The fourth-order valence-corrected chi connectivity index (χ4v) is 1.80. The molecule has 5 heteroatoms. The molecular weight excluding hydrogens is 230 g/mol. The molecule has 0 aliphatic rings. The maximum Gasteiger partial charge on any atom is 0.123 e. The number of pyridine rings is 1. The zero-order valence-electron chi connectivity index (χ0n) is 11.4. The van der Waals surface area contributed by atoms with Crippen molar-refractivity contribution >= 4 is 5.82 Å². The summed E-state index contributed by atoms with van der Waals surface area (Å²) in [4.78, 5) is 6.59. The minimum atomic E-state index is 0.313. The highest BCUT2D eigenvalue weighted by molar-refractivity contribution is 5.28. The third-order valence-corrected chi connectivity index (χ3v) is 2.81. The van der Waals surface area contributed by atoms with Crippen LogP contribution in [0.4, 0.5) is 5.82 Å². The van der Waals surface area contributed by atoms with Crippen LogP contribution in [0.3, 0.4) is 0 Å². The molecule has 1 heterocycles. The maximum atomic E-state index is 5.69. The molecule has 0 spiro atoms. The molecule has 0 saturated heterocycles. The van der Waals surface area contributed by atoms with Crippen molar-refractivity contribution in [2.45, 2.75) is 19.5 Å². The number of rotatable bonds is 8. The maximum absolute atomic E-state index is 5.69. The smallest absolute Gasteiger partial charge is 0.123 e. The molecule has 0 aliphatic carbocycles. The van der Waals surface area contributed by atoms with Crippen molar-refractivity contribution in [1.29, 1.82) is 0 Å². The Hall–Kier alpha value is -1.17. The molecule has 102 valence electrons. The number of nitrogens with zero attached hydrogens (tertiary/aromatic N) is 2. The molecule has 0 fully saturated rings. The largest absolute Gasteiger partial charge is 0.384 e. The Balaban J connectivity index is 2.64. The Morgan fingerprint density at radius 1 is 1.33 bits per heavy atom. The van der Waals surface area contributed by atoms with E-state index in [-0.39, 0.29) is 0 Å². The predicted molar refractivity (Wildman–Crippen MR) is 72.3 cm³/mol. The second kappa shape index (κ2) is 8.02. The van der Waals surface area contributed by atoms with E-state index in [2.05, 4.69) is 16.8 Å². The third-order valence-electron chi connectivity index (χ3n) is 2.81. The van der Waals surface area contributed by atoms with Gasteiger partial charge in [-0.1, -0.05) is 6.07 Å². The van der Waals surface area contributed by atoms with Gasteiger partial charge in [0.05, 0.1) is 18.9 Å². The van der Waals surface area contributed by atoms with Gasteiger partial charge in [0.2, 0.25) is 0 Å². The van der Waals surface area contributed by atoms with Crippen LogP contribution >= 0.6 is 0 Å². The Morgan fingerprint density at radius 2 is 2.11 bits per heavy atom. The van der Waals surface area contributed by atoms with Gasteiger partial charge in [-0.2, -0.15) is 0 Å². The van der Waals surface area contributed by atoms with Crippen LogP contribution in [0.2, 0.25) is 0 Å². The molecule has 0 aliphatic heterocycles. The fourth-order valence-electron chi connectivity index (χ4n) is 1.80. The van der Waals surface area contributed by atoms with Gasteiger partial charge in [0.15, 0.2) is 0 Å². The molecule has 0 saturated carbocycles. The number of nitrogens with two attached hydrogens (primary N) is 1. The lowest BCUT2D eigenvalue weighted by Gasteiger charge is -2.28. The number of aromatic nitrogens is 1. The van der Waals surface area contributed by atoms with Gasteiger partial charge in [0, 0.05) is 33.4 Å². The molecule has 1 rings (SSSR count). The van der Waals surface area contributed by atoms with E-state index in [1.165, 1.54) is 0 Å². The molecule has 1 aromatic heterocycles. The van der Waals surface area contributed by atoms with Gasteiger partial charge in [-0.15, -0.1) is 0 Å². The summed E-state index contributed by atoms with van der Waals surface area (Å²) < 4.78 is 10.3. The Labute approximate surface area is 109 Å². The lowest BCUT2D eigenvalue weighted by molar-refractivity contribution is 0.0698. The van der Waals surface area contributed by atoms with Crippen LogP contribution in [0.25, 0.3) is 0 Å². The van der Waals surface area contributed by atoms with Gasteiger partial charge in [0.1, 0.15) is 5.82 Å². The molecule has 0 aromatic carbocycles. The Kier molecular flexibility index (Phi) is 6.64. The molecular formula is C13H23N3O2. The number of anilines is 1. The van der Waals surface area contributed by atoms with E-state index in [1.54, 1.807) is 20.3 Å². The van der Waals surface area contributed by atoms with Gasteiger partial charge in [-0.25, -0.2) is 4.98 Å². The molecule has 0 radical (unpaired) electrons. The SMILES string of the molecule is COCCN(Cc1cccc(N)n1)C(C)COC. The summed E-state index contributed by atoms with van der Waals surface area (Å²) in [6.45, 7) is 5.10. The monoisotopic (exact) mass is 253 g/mol. The van der Waals surface area contributed by atoms with Gasteiger partial charge in [-0.05, 0) is 19.1 Å². The molecule has 0 bridgehead atoms. The first kappa shape index (κ1) is 14.9. The quantitative estimate of drug-likeness (QED) is 0.753. The van der Waals surface area contributed by atoms with Crippen molar-refractivity contribution in [3.63, 3.8) is 0 Å². The van der Waals surface area contributed by atoms with Crippen molar-refractivity contribution in [3.05, 3.63) is 23.9 Å². The van der Waals surface area contributed by atoms with Crippen molar-refractivity contribution < 1.29 is 9.47 Å². The Morgan fingerprint density at radius 3 is 2.72 bits per heavy atom. The van der Waals surface area contributed by atoms with Crippen molar-refractivity contribution in [3.8, 4) is 0 Å². The minimum absolute atomic E-state index is 0.313. The van der Waals surface area contributed by atoms with Crippen LogP contribution in [-0.4, -0.2) is 49.9 Å². The second-order valence-corrected chi connectivity index (χ2v) is 4.32. The standard InChI is InChI=1S/C13H23N3O2/c1-11(10-18-3)16(7-8-17-2)9-12-5-4-6-13(14)15-12/h4-6,11H,7-10H2,1-3H3,(H2,14,15). The lowest BCUT2D eigenvalue weighted by Crippen LogP contribution is -2.38. The van der Waals surface area contributed by atoms with E-state index >= 15 is 0 Å². The highest BCUT2D eigenvalue weighted by atomic mass is 16.5. The van der Waals surface area contributed by atoms with Gasteiger partial charge in [0.25, 0.3) is 0 Å². The van der Waals surface area contributed by atoms with Crippen molar-refractivity contribution in [1.82, 2.24) is 9.88 Å². The van der Waals surface area contributed by atoms with Crippen LogP contribution < -0.4 is 5.73 Å². The molecule has 1 aromatic rings. The summed E-state index contributed by atoms with van der Waals surface area (Å²) in [6.07, 6.45) is 0. The van der Waals surface area contributed by atoms with E-state index < -0.39 is 0 Å². The fraction of sp³-hybridized carbons (Fsp3) is 0.615. The summed E-state index contributed by atoms with van der Waals surface area (Å²) in [7, 11) is 3.42. The van der Waals surface area contributed by atoms with Gasteiger partial charge >= 0.3 is 0 Å². The summed E-state index contributed by atoms with van der Waals surface area (Å²) >= 11 is 0. The molecule has 0 amide bonds. The zero-order chi connectivity index (χ0) is 13.4. The number of nitrogen functional groups attached to an aromatic ring is 1. The number of hydrogen-bond acceptors (Lipinski definition) is 5. The molecule has 1 atom stereocenters. The zero-order valence-corrected chi connectivity index (χ0v) is 11.4. The van der Waals surface area contributed by atoms with Crippen LogP contribution in [0.15, 0.2) is 18.2 Å². The summed E-state index contributed by atoms with van der Waals surface area (Å²) in [6, 6.07) is 6.01. The molecule has 18 heavy (non-hydrogen) atoms. The van der Waals surface area contributed by atoms with Crippen molar-refractivity contribution in [2.75, 3.05) is 39.7 Å². The average Bonchev–Trinajstić information content (AvgIpc) is 2.34. The van der Waals surface area contributed by atoms with Gasteiger partial charge in [-0.3, -0.25) is 4.90 Å². The van der Waals surface area contributed by atoms with E-state index in [1.807, 2.05) is 12.1 Å². The third kappa shape index (κ3) is 5.00. The number of hydrogen-bond donors (Lipinski definition) is 1. The van der Waals surface area contributed by atoms with Crippen LogP contribution in [0, 0.1) is 0 Å². The average molecular weight is 253 g/mol. The minimum Gasteiger partial charge on any atom is -0.384 e. The number of ether oxygens (including phenoxy) is 2. The molecule has 2 N–H and O–H groups in total.